The van der Waals surface area contributed by atoms with Crippen LogP contribution in [-0.2, 0) is 4.74 Å². The number of hydrogen-bond donors (Lipinski definition) is 4. The summed E-state index contributed by atoms with van der Waals surface area (Å²) in [6.45, 7) is 0.502. The summed E-state index contributed by atoms with van der Waals surface area (Å²) in [6.07, 6.45) is 1.02. The highest BCUT2D eigenvalue weighted by molar-refractivity contribution is 5.75. The van der Waals surface area contributed by atoms with Crippen LogP contribution in [0.15, 0.2) is 4.79 Å². The average Bonchev–Trinajstić information content (AvgIpc) is 3.09. The van der Waals surface area contributed by atoms with Crippen LogP contribution in [0.25, 0.3) is 0 Å². The minimum Gasteiger partial charge on any atom is -0.394 e. The Balaban J connectivity index is 1.97. The van der Waals surface area contributed by atoms with Crippen LogP contribution in [0, 0.1) is 12.0 Å². The molecule has 0 saturated carbocycles. The molecule has 2 aliphatic rings. The van der Waals surface area contributed by atoms with Gasteiger partial charge >= 0.3 is 0 Å². The number of H-pyrrole nitrogens is 1. The van der Waals surface area contributed by atoms with Crippen LogP contribution < -0.4 is 26.8 Å². The molecule has 3 rings (SSSR count). The maximum absolute atomic E-state index is 12.2. The number of nitrogens with two attached hydrogens (primary N) is 2. The van der Waals surface area contributed by atoms with Crippen molar-refractivity contribution in [3.63, 3.8) is 0 Å². The second kappa shape index (κ2) is 5.84. The lowest BCUT2D eigenvalue weighted by molar-refractivity contribution is 0.0112. The molecule has 1 saturated heterocycles. The van der Waals surface area contributed by atoms with E-state index in [9.17, 15) is 9.90 Å². The van der Waals surface area contributed by atoms with Gasteiger partial charge in [0.25, 0.3) is 5.56 Å². The molecular weight excluding hydrogens is 288 g/mol. The van der Waals surface area contributed by atoms with Gasteiger partial charge in [0.2, 0.25) is 5.95 Å². The number of nitrogen functional groups attached to an aromatic ring is 1. The topological polar surface area (TPSA) is 134 Å². The monoisotopic (exact) mass is 306 g/mol. The number of rotatable bonds is 2. The van der Waals surface area contributed by atoms with Gasteiger partial charge in [-0.2, -0.15) is 4.98 Å². The zero-order valence-corrected chi connectivity index (χ0v) is 12.0. The van der Waals surface area contributed by atoms with Gasteiger partial charge < -0.3 is 26.2 Å². The van der Waals surface area contributed by atoms with E-state index in [4.69, 9.17) is 16.2 Å². The molecule has 0 amide bonds. The Morgan fingerprint density at radius 1 is 1.50 bits per heavy atom. The van der Waals surface area contributed by atoms with Crippen LogP contribution in [0.3, 0.4) is 0 Å². The van der Waals surface area contributed by atoms with Crippen molar-refractivity contribution in [3.05, 3.63) is 10.4 Å². The first-order valence-electron chi connectivity index (χ1n) is 7.03. The van der Waals surface area contributed by atoms with E-state index in [2.05, 4.69) is 21.9 Å². The molecule has 0 radical (unpaired) electrons. The van der Waals surface area contributed by atoms with Crippen molar-refractivity contribution in [1.29, 1.82) is 0 Å². The molecule has 118 valence electrons. The molecule has 0 spiro atoms. The van der Waals surface area contributed by atoms with Crippen molar-refractivity contribution in [2.24, 2.45) is 5.73 Å². The summed E-state index contributed by atoms with van der Waals surface area (Å²) in [5.74, 6) is 3.22. The third kappa shape index (κ3) is 2.48. The predicted octanol–water partition coefficient (Wildman–Crippen LogP) is -1.65. The molecule has 1 aromatic heterocycles. The maximum Gasteiger partial charge on any atom is 0.279 e. The molecule has 0 bridgehead atoms. The second-order valence-corrected chi connectivity index (χ2v) is 5.13. The summed E-state index contributed by atoms with van der Waals surface area (Å²) in [7, 11) is 0. The number of aliphatic hydroxyl groups is 1. The SMILES string of the molecule is NCC#CN1CN([C@H]2CC[C@@H](CO)O2)c2nc(N)[nH]c(=O)c21. The molecule has 3 heterocycles. The van der Waals surface area contributed by atoms with Gasteiger partial charge in [0, 0.05) is 6.04 Å². The number of ether oxygens (including phenoxy) is 1. The molecule has 0 aliphatic carbocycles. The van der Waals surface area contributed by atoms with E-state index >= 15 is 0 Å². The van der Waals surface area contributed by atoms with Gasteiger partial charge in [0.1, 0.15) is 12.9 Å². The molecule has 0 unspecified atom stereocenters. The van der Waals surface area contributed by atoms with E-state index in [1.807, 2.05) is 4.90 Å². The lowest BCUT2D eigenvalue weighted by Crippen LogP contribution is -2.38. The molecule has 9 heteroatoms. The molecule has 9 nitrogen and oxygen atoms in total. The van der Waals surface area contributed by atoms with Gasteiger partial charge in [-0.05, 0) is 12.8 Å². The molecule has 2 aliphatic heterocycles. The van der Waals surface area contributed by atoms with Crippen LogP contribution in [0.4, 0.5) is 17.5 Å². The lowest BCUT2D eigenvalue weighted by Gasteiger charge is -2.25. The molecule has 1 aromatic rings. The van der Waals surface area contributed by atoms with Crippen molar-refractivity contribution in [2.45, 2.75) is 25.2 Å². The number of hydrogen-bond acceptors (Lipinski definition) is 8. The van der Waals surface area contributed by atoms with Gasteiger partial charge in [-0.1, -0.05) is 5.92 Å². The van der Waals surface area contributed by atoms with E-state index in [1.54, 1.807) is 4.90 Å². The molecule has 2 atom stereocenters. The number of aliphatic hydroxyl groups excluding tert-OH is 1. The average molecular weight is 306 g/mol. The molecule has 6 N–H and O–H groups in total. The smallest absolute Gasteiger partial charge is 0.279 e. The van der Waals surface area contributed by atoms with Crippen molar-refractivity contribution < 1.29 is 9.84 Å². The molecule has 22 heavy (non-hydrogen) atoms. The fourth-order valence-electron chi connectivity index (χ4n) is 2.72. The van der Waals surface area contributed by atoms with Crippen molar-refractivity contribution in [1.82, 2.24) is 9.97 Å². The summed E-state index contributed by atoms with van der Waals surface area (Å²) in [6, 6.07) is 2.84. The predicted molar refractivity (Wildman–Crippen MR) is 80.9 cm³/mol. The first-order valence-corrected chi connectivity index (χ1v) is 7.03. The largest absolute Gasteiger partial charge is 0.394 e. The first kappa shape index (κ1) is 14.6. The third-order valence-electron chi connectivity index (χ3n) is 3.68. The Labute approximate surface area is 126 Å². The van der Waals surface area contributed by atoms with Crippen LogP contribution in [0.2, 0.25) is 0 Å². The molecule has 1 fully saturated rings. The van der Waals surface area contributed by atoms with E-state index < -0.39 is 0 Å². The summed E-state index contributed by atoms with van der Waals surface area (Å²) in [4.78, 5) is 22.3. The van der Waals surface area contributed by atoms with Crippen LogP contribution in [-0.4, -0.2) is 47.2 Å². The number of aromatic amines is 1. The van der Waals surface area contributed by atoms with Gasteiger partial charge in [-0.15, -0.1) is 0 Å². The molecular formula is C13H18N6O3. The van der Waals surface area contributed by atoms with E-state index in [1.165, 1.54) is 0 Å². The quantitative estimate of drug-likeness (QED) is 0.478. The first-order chi connectivity index (χ1) is 10.6. The van der Waals surface area contributed by atoms with Gasteiger partial charge in [-0.25, -0.2) is 0 Å². The van der Waals surface area contributed by atoms with Crippen molar-refractivity contribution >= 4 is 17.5 Å². The third-order valence-corrected chi connectivity index (χ3v) is 3.68. The Bertz CT molecular complexity index is 679. The number of nitrogens with one attached hydrogen (secondary N) is 1. The zero-order chi connectivity index (χ0) is 15.7. The number of fused-ring (bicyclic) bond motifs is 1. The van der Waals surface area contributed by atoms with Crippen LogP contribution >= 0.6 is 0 Å². The highest BCUT2D eigenvalue weighted by Gasteiger charge is 2.38. The highest BCUT2D eigenvalue weighted by atomic mass is 16.5. The number of anilines is 3. The Morgan fingerprint density at radius 3 is 3.00 bits per heavy atom. The van der Waals surface area contributed by atoms with E-state index in [-0.39, 0.29) is 37.0 Å². The second-order valence-electron chi connectivity index (χ2n) is 5.13. The standard InChI is InChI=1S/C13H18N6O3/c14-4-1-5-18-7-19(9-3-2-8(6-20)22-9)11-10(18)12(21)17-13(15)16-11/h8-9,20H,2-4,6-7,14H2,(H3,15,16,17,21)/t8-,9+/m0/s1. The molecule has 0 aromatic carbocycles. The fraction of sp³-hybridized carbons (Fsp3) is 0.538. The number of nitrogens with zero attached hydrogens (tertiary/aromatic N) is 3. The van der Waals surface area contributed by atoms with E-state index in [0.29, 0.717) is 18.2 Å². The van der Waals surface area contributed by atoms with Crippen LogP contribution in [0.5, 0.6) is 0 Å². The Morgan fingerprint density at radius 2 is 2.32 bits per heavy atom. The summed E-state index contributed by atoms with van der Waals surface area (Å²) in [5, 5.41) is 9.20. The van der Waals surface area contributed by atoms with E-state index in [0.717, 1.165) is 12.8 Å². The van der Waals surface area contributed by atoms with Gasteiger partial charge in [-0.3, -0.25) is 14.7 Å². The Hall–Kier alpha value is -2.28. The minimum absolute atomic E-state index is 0.0289. The minimum atomic E-state index is -0.354. The maximum atomic E-state index is 12.2. The summed E-state index contributed by atoms with van der Waals surface area (Å²) >= 11 is 0. The summed E-state index contributed by atoms with van der Waals surface area (Å²) in [5.41, 5.74) is 11.0. The van der Waals surface area contributed by atoms with Gasteiger partial charge in [0.05, 0.1) is 19.3 Å². The zero-order valence-electron chi connectivity index (χ0n) is 12.0. The lowest BCUT2D eigenvalue weighted by atomic mass is 10.2. The highest BCUT2D eigenvalue weighted by Crippen LogP contribution is 2.35. The fourth-order valence-corrected chi connectivity index (χ4v) is 2.72. The summed E-state index contributed by atoms with van der Waals surface area (Å²) < 4.78 is 5.77. The number of aromatic nitrogens is 2. The Kier molecular flexibility index (Phi) is 3.89. The van der Waals surface area contributed by atoms with Crippen molar-refractivity contribution in [3.8, 4) is 12.0 Å². The normalized spacial score (nSPS) is 23.4. The van der Waals surface area contributed by atoms with Gasteiger partial charge in [0.15, 0.2) is 11.5 Å². The van der Waals surface area contributed by atoms with Crippen molar-refractivity contribution in [2.75, 3.05) is 35.4 Å². The van der Waals surface area contributed by atoms with Crippen LogP contribution in [0.1, 0.15) is 12.8 Å².